The van der Waals surface area contributed by atoms with E-state index in [-0.39, 0.29) is 0 Å². The van der Waals surface area contributed by atoms with Gasteiger partial charge >= 0.3 is 0 Å². The van der Waals surface area contributed by atoms with Gasteiger partial charge in [0.05, 0.1) is 0 Å². The van der Waals surface area contributed by atoms with Crippen LogP contribution in [0.1, 0.15) is 73.1 Å². The van der Waals surface area contributed by atoms with Crippen molar-refractivity contribution in [1.29, 1.82) is 0 Å². The van der Waals surface area contributed by atoms with Crippen LogP contribution in [0.5, 0.6) is 0 Å². The fourth-order valence-electron chi connectivity index (χ4n) is 3.47. The van der Waals surface area contributed by atoms with Crippen LogP contribution in [-0.2, 0) is 0 Å². The zero-order chi connectivity index (χ0) is 14.3. The normalized spacial score (nSPS) is 24.0. The second-order valence-corrected chi connectivity index (χ2v) is 6.42. The van der Waals surface area contributed by atoms with Gasteiger partial charge in [0.2, 0.25) is 0 Å². The van der Waals surface area contributed by atoms with Crippen LogP contribution in [0.3, 0.4) is 0 Å². The lowest BCUT2D eigenvalue weighted by Crippen LogP contribution is -2.64. The fourth-order valence-corrected chi connectivity index (χ4v) is 3.47. The standard InChI is InChI=1S/C17H36N2/c1-6-11-16-12-18-17(9-4,10-5)14-19(16)13-15(7-2)8-3/h15-16,18H,6-14H2,1-5H3. The number of nitrogens with one attached hydrogen (secondary N) is 1. The van der Waals surface area contributed by atoms with Gasteiger partial charge in [0.1, 0.15) is 0 Å². The van der Waals surface area contributed by atoms with E-state index in [4.69, 9.17) is 0 Å². The van der Waals surface area contributed by atoms with E-state index in [1.807, 2.05) is 0 Å². The topological polar surface area (TPSA) is 15.3 Å². The van der Waals surface area contributed by atoms with Crippen LogP contribution in [-0.4, -0.2) is 36.1 Å². The maximum atomic E-state index is 3.86. The molecular weight excluding hydrogens is 232 g/mol. The molecule has 0 aliphatic carbocycles. The molecule has 19 heavy (non-hydrogen) atoms. The summed E-state index contributed by atoms with van der Waals surface area (Å²) in [6, 6.07) is 0.761. The van der Waals surface area contributed by atoms with E-state index in [0.717, 1.165) is 12.0 Å². The van der Waals surface area contributed by atoms with Crippen molar-refractivity contribution in [3.05, 3.63) is 0 Å². The maximum absolute atomic E-state index is 3.86. The van der Waals surface area contributed by atoms with Crippen LogP contribution < -0.4 is 5.32 Å². The summed E-state index contributed by atoms with van der Waals surface area (Å²) in [5, 5.41) is 3.86. The minimum Gasteiger partial charge on any atom is -0.308 e. The molecule has 1 rings (SSSR count). The highest BCUT2D eigenvalue weighted by Gasteiger charge is 2.36. The SMILES string of the molecule is CCCC1CNC(CC)(CC)CN1CC(CC)CC. The summed E-state index contributed by atoms with van der Waals surface area (Å²) in [5.41, 5.74) is 0.371. The lowest BCUT2D eigenvalue weighted by atomic mass is 9.87. The number of piperazine rings is 1. The van der Waals surface area contributed by atoms with Gasteiger partial charge in [-0.3, -0.25) is 4.90 Å². The number of nitrogens with zero attached hydrogens (tertiary/aromatic N) is 1. The first-order chi connectivity index (χ1) is 9.14. The average molecular weight is 268 g/mol. The van der Waals surface area contributed by atoms with Gasteiger partial charge in [0.25, 0.3) is 0 Å². The van der Waals surface area contributed by atoms with Crippen molar-refractivity contribution in [1.82, 2.24) is 10.2 Å². The lowest BCUT2D eigenvalue weighted by molar-refractivity contribution is 0.0535. The Morgan fingerprint density at radius 1 is 1.11 bits per heavy atom. The average Bonchev–Trinajstić information content (AvgIpc) is 2.46. The molecule has 0 aromatic carbocycles. The zero-order valence-electron chi connectivity index (χ0n) is 14.0. The molecule has 2 nitrogen and oxygen atoms in total. The quantitative estimate of drug-likeness (QED) is 0.714. The molecule has 0 radical (unpaired) electrons. The molecule has 1 fully saturated rings. The number of rotatable bonds is 8. The summed E-state index contributed by atoms with van der Waals surface area (Å²) in [5.74, 6) is 0.879. The Bertz CT molecular complexity index is 231. The van der Waals surface area contributed by atoms with Crippen LogP contribution in [0.15, 0.2) is 0 Å². The Morgan fingerprint density at radius 2 is 1.74 bits per heavy atom. The predicted molar refractivity (Wildman–Crippen MR) is 85.7 cm³/mol. The van der Waals surface area contributed by atoms with E-state index < -0.39 is 0 Å². The highest BCUT2D eigenvalue weighted by atomic mass is 15.3. The summed E-state index contributed by atoms with van der Waals surface area (Å²) in [7, 11) is 0. The molecule has 1 unspecified atom stereocenters. The first-order valence-corrected chi connectivity index (χ1v) is 8.63. The third kappa shape index (κ3) is 4.46. The van der Waals surface area contributed by atoms with Crippen LogP contribution in [0.2, 0.25) is 0 Å². The second-order valence-electron chi connectivity index (χ2n) is 6.42. The van der Waals surface area contributed by atoms with Crippen LogP contribution in [0.25, 0.3) is 0 Å². The molecule has 1 heterocycles. The van der Waals surface area contributed by atoms with Crippen molar-refractivity contribution in [2.45, 2.75) is 84.7 Å². The largest absolute Gasteiger partial charge is 0.308 e. The number of hydrogen-bond donors (Lipinski definition) is 1. The van der Waals surface area contributed by atoms with E-state index in [0.29, 0.717) is 5.54 Å². The summed E-state index contributed by atoms with van der Waals surface area (Å²) >= 11 is 0. The van der Waals surface area contributed by atoms with Crippen molar-refractivity contribution >= 4 is 0 Å². The van der Waals surface area contributed by atoms with Crippen LogP contribution in [0, 0.1) is 5.92 Å². The Labute approximate surface area is 121 Å². The highest BCUT2D eigenvalue weighted by molar-refractivity contribution is 4.96. The molecule has 1 atom stereocenters. The summed E-state index contributed by atoms with van der Waals surface area (Å²) in [4.78, 5) is 2.81. The molecular formula is C17H36N2. The van der Waals surface area contributed by atoms with Crippen LogP contribution in [0.4, 0.5) is 0 Å². The molecule has 1 aliphatic rings. The van der Waals surface area contributed by atoms with Crippen molar-refractivity contribution in [2.75, 3.05) is 19.6 Å². The van der Waals surface area contributed by atoms with Gasteiger partial charge in [-0.25, -0.2) is 0 Å². The van der Waals surface area contributed by atoms with Crippen molar-refractivity contribution in [2.24, 2.45) is 5.92 Å². The van der Waals surface area contributed by atoms with Gasteiger partial charge < -0.3 is 5.32 Å². The van der Waals surface area contributed by atoms with E-state index in [9.17, 15) is 0 Å². The van der Waals surface area contributed by atoms with Gasteiger partial charge in [-0.05, 0) is 25.2 Å². The smallest absolute Gasteiger partial charge is 0.0304 e. The molecule has 114 valence electrons. The first kappa shape index (κ1) is 17.0. The van der Waals surface area contributed by atoms with E-state index in [2.05, 4.69) is 44.8 Å². The molecule has 2 heteroatoms. The van der Waals surface area contributed by atoms with Gasteiger partial charge in [0, 0.05) is 31.2 Å². The fraction of sp³-hybridized carbons (Fsp3) is 1.00. The summed E-state index contributed by atoms with van der Waals surface area (Å²) in [6.45, 7) is 15.4. The molecule has 0 amide bonds. The van der Waals surface area contributed by atoms with E-state index in [1.165, 1.54) is 58.2 Å². The Balaban J connectivity index is 2.72. The molecule has 0 aromatic heterocycles. The number of hydrogen-bond acceptors (Lipinski definition) is 2. The van der Waals surface area contributed by atoms with Crippen molar-refractivity contribution in [3.8, 4) is 0 Å². The Hall–Kier alpha value is -0.0800. The van der Waals surface area contributed by atoms with Gasteiger partial charge in [-0.15, -0.1) is 0 Å². The monoisotopic (exact) mass is 268 g/mol. The Kier molecular flexibility index (Phi) is 7.38. The third-order valence-electron chi connectivity index (χ3n) is 5.36. The van der Waals surface area contributed by atoms with Crippen LogP contribution >= 0.6 is 0 Å². The van der Waals surface area contributed by atoms with E-state index in [1.54, 1.807) is 0 Å². The molecule has 1 N–H and O–H groups in total. The zero-order valence-corrected chi connectivity index (χ0v) is 14.0. The van der Waals surface area contributed by atoms with Crippen molar-refractivity contribution in [3.63, 3.8) is 0 Å². The van der Waals surface area contributed by atoms with E-state index >= 15 is 0 Å². The second kappa shape index (κ2) is 8.26. The molecule has 0 aromatic rings. The Morgan fingerprint density at radius 3 is 2.21 bits per heavy atom. The highest BCUT2D eigenvalue weighted by Crippen LogP contribution is 2.26. The molecule has 0 saturated carbocycles. The first-order valence-electron chi connectivity index (χ1n) is 8.63. The lowest BCUT2D eigenvalue weighted by Gasteiger charge is -2.48. The summed E-state index contributed by atoms with van der Waals surface area (Å²) in [6.07, 6.45) is 7.80. The van der Waals surface area contributed by atoms with Gasteiger partial charge in [-0.2, -0.15) is 0 Å². The maximum Gasteiger partial charge on any atom is 0.0304 e. The molecule has 0 bridgehead atoms. The minimum absolute atomic E-state index is 0.371. The third-order valence-corrected chi connectivity index (χ3v) is 5.36. The minimum atomic E-state index is 0.371. The predicted octanol–water partition coefficient (Wildman–Crippen LogP) is 4.06. The summed E-state index contributed by atoms with van der Waals surface area (Å²) < 4.78 is 0. The van der Waals surface area contributed by atoms with Crippen molar-refractivity contribution < 1.29 is 0 Å². The molecule has 1 aliphatic heterocycles. The molecule has 1 saturated heterocycles. The van der Waals surface area contributed by atoms with Gasteiger partial charge in [-0.1, -0.05) is 53.9 Å². The molecule has 0 spiro atoms. The van der Waals surface area contributed by atoms with Gasteiger partial charge in [0.15, 0.2) is 0 Å².